The molecule has 0 radical (unpaired) electrons. The highest BCUT2D eigenvalue weighted by Crippen LogP contribution is 2.75. The molecule has 2 aromatic rings. The van der Waals surface area contributed by atoms with Crippen LogP contribution in [0, 0.1) is 0 Å². The van der Waals surface area contributed by atoms with Crippen molar-refractivity contribution < 1.29 is 0 Å². The second-order valence-corrected chi connectivity index (χ2v) is 12.9. The quantitative estimate of drug-likeness (QED) is 0.425. The molecule has 2 heterocycles. The molecule has 2 aromatic carbocycles. The lowest BCUT2D eigenvalue weighted by Gasteiger charge is -2.32. The number of hydrogen-bond donors (Lipinski definition) is 0. The van der Waals surface area contributed by atoms with E-state index in [2.05, 4.69) is 62.4 Å². The minimum absolute atomic E-state index is 0.0978. The van der Waals surface area contributed by atoms with Crippen molar-refractivity contribution in [3.05, 3.63) is 70.8 Å². The van der Waals surface area contributed by atoms with Crippen molar-refractivity contribution in [1.82, 2.24) is 0 Å². The van der Waals surface area contributed by atoms with Crippen LogP contribution in [0.5, 0.6) is 0 Å². The van der Waals surface area contributed by atoms with Crippen molar-refractivity contribution in [2.45, 2.75) is 63.2 Å². The number of benzene rings is 2. The van der Waals surface area contributed by atoms with E-state index in [1.807, 2.05) is 0 Å². The van der Waals surface area contributed by atoms with E-state index >= 15 is 0 Å². The van der Waals surface area contributed by atoms with Crippen molar-refractivity contribution in [3.8, 4) is 0 Å². The maximum atomic E-state index is 2.47. The summed E-state index contributed by atoms with van der Waals surface area (Å²) in [7, 11) is 0.196. The fraction of sp³-hybridized carbons (Fsp3) is 0.500. The van der Waals surface area contributed by atoms with Crippen molar-refractivity contribution >= 4 is 15.8 Å². The zero-order valence-corrected chi connectivity index (χ0v) is 18.1. The van der Waals surface area contributed by atoms with Crippen LogP contribution in [0.1, 0.15) is 73.1 Å². The van der Waals surface area contributed by atoms with Gasteiger partial charge in [-0.2, -0.15) is 0 Å². The van der Waals surface area contributed by atoms with E-state index in [9.17, 15) is 0 Å². The van der Waals surface area contributed by atoms with Crippen LogP contribution in [-0.2, 0) is 12.3 Å². The number of unbranched alkanes of at least 4 members (excludes halogenated alkanes) is 2. The summed E-state index contributed by atoms with van der Waals surface area (Å²) in [6.07, 6.45) is 11.2. The Balaban J connectivity index is 1.73. The van der Waals surface area contributed by atoms with Crippen LogP contribution in [0.25, 0.3) is 0 Å². The Bertz CT molecular complexity index is 675. The van der Waals surface area contributed by atoms with Gasteiger partial charge in [0.15, 0.2) is 0 Å². The van der Waals surface area contributed by atoms with Crippen LogP contribution >= 0.6 is 15.8 Å². The maximum Gasteiger partial charge on any atom is 0.0156 e. The van der Waals surface area contributed by atoms with Gasteiger partial charge >= 0.3 is 0 Å². The molecule has 0 saturated carbocycles. The van der Waals surface area contributed by atoms with Crippen LogP contribution in [0.4, 0.5) is 0 Å². The second kappa shape index (κ2) is 8.54. The van der Waals surface area contributed by atoms with Crippen LogP contribution in [0.2, 0.25) is 0 Å². The molecule has 2 aliphatic rings. The molecule has 0 fully saturated rings. The molecular formula is C24H32P2. The van der Waals surface area contributed by atoms with Crippen LogP contribution in [0.15, 0.2) is 48.5 Å². The maximum absolute atomic E-state index is 2.47. The minimum Gasteiger partial charge on any atom is -0.0935 e. The van der Waals surface area contributed by atoms with E-state index in [1.165, 1.54) is 50.3 Å². The van der Waals surface area contributed by atoms with Gasteiger partial charge in [-0.15, -0.1) is 0 Å². The molecule has 2 aliphatic heterocycles. The molecule has 2 heteroatoms. The summed E-state index contributed by atoms with van der Waals surface area (Å²) in [4.78, 5) is 0. The predicted molar refractivity (Wildman–Crippen MR) is 119 cm³/mol. The normalized spacial score (nSPS) is 26.7. The first-order valence-electron chi connectivity index (χ1n) is 10.5. The van der Waals surface area contributed by atoms with Crippen molar-refractivity contribution in [3.63, 3.8) is 0 Å². The van der Waals surface area contributed by atoms with Gasteiger partial charge in [0, 0.05) is 11.3 Å². The fourth-order valence-corrected chi connectivity index (χ4v) is 12.6. The zero-order valence-electron chi connectivity index (χ0n) is 16.3. The lowest BCUT2D eigenvalue weighted by atomic mass is 9.98. The van der Waals surface area contributed by atoms with Crippen molar-refractivity contribution in [2.24, 2.45) is 0 Å². The lowest BCUT2D eigenvalue weighted by molar-refractivity contribution is 0.847. The first-order valence-corrected chi connectivity index (χ1v) is 14.0. The average Bonchev–Trinajstić information content (AvgIpc) is 3.21. The molecule has 0 saturated heterocycles. The number of hydrogen-bond acceptors (Lipinski definition) is 0. The molecule has 0 nitrogen and oxygen atoms in total. The van der Waals surface area contributed by atoms with E-state index in [1.54, 1.807) is 22.3 Å². The molecule has 0 aliphatic carbocycles. The van der Waals surface area contributed by atoms with E-state index < -0.39 is 0 Å². The smallest absolute Gasteiger partial charge is 0.0156 e. The van der Waals surface area contributed by atoms with Gasteiger partial charge in [-0.3, -0.25) is 0 Å². The van der Waals surface area contributed by atoms with Crippen LogP contribution < -0.4 is 0 Å². The summed E-state index contributed by atoms with van der Waals surface area (Å²) in [5, 5.41) is 0. The molecule has 0 amide bonds. The van der Waals surface area contributed by atoms with Crippen LogP contribution in [0.3, 0.4) is 0 Å². The summed E-state index contributed by atoms with van der Waals surface area (Å²) in [6.45, 7) is 4.71. The number of rotatable bonds is 7. The molecule has 4 rings (SSSR count). The van der Waals surface area contributed by atoms with E-state index in [-0.39, 0.29) is 15.8 Å². The van der Waals surface area contributed by atoms with Gasteiger partial charge in [0.25, 0.3) is 0 Å². The lowest BCUT2D eigenvalue weighted by Crippen LogP contribution is -2.06. The third-order valence-corrected chi connectivity index (χ3v) is 12.4. The Labute approximate surface area is 162 Å². The largest absolute Gasteiger partial charge is 0.0935 e. The van der Waals surface area contributed by atoms with Gasteiger partial charge < -0.3 is 0 Å². The summed E-state index contributed by atoms with van der Waals surface area (Å²) >= 11 is 0. The first-order chi connectivity index (χ1) is 12.8. The van der Waals surface area contributed by atoms with E-state index in [4.69, 9.17) is 0 Å². The zero-order chi connectivity index (χ0) is 17.9. The highest BCUT2D eigenvalue weighted by molar-refractivity contribution is 7.62. The molecule has 26 heavy (non-hydrogen) atoms. The third kappa shape index (κ3) is 3.53. The van der Waals surface area contributed by atoms with Gasteiger partial charge in [0.2, 0.25) is 0 Å². The Kier molecular flexibility index (Phi) is 6.13. The third-order valence-electron chi connectivity index (χ3n) is 6.18. The molecule has 0 bridgehead atoms. The van der Waals surface area contributed by atoms with E-state index in [0.717, 1.165) is 11.3 Å². The average molecular weight is 382 g/mol. The van der Waals surface area contributed by atoms with E-state index in [0.29, 0.717) is 0 Å². The Morgan fingerprint density at radius 1 is 0.692 bits per heavy atom. The second-order valence-electron chi connectivity index (χ2n) is 7.94. The molecule has 1 unspecified atom stereocenters. The van der Waals surface area contributed by atoms with Gasteiger partial charge in [0.05, 0.1) is 0 Å². The van der Waals surface area contributed by atoms with Crippen LogP contribution in [-0.4, -0.2) is 12.3 Å². The Hall–Kier alpha value is -0.700. The summed E-state index contributed by atoms with van der Waals surface area (Å²) < 4.78 is 0. The summed E-state index contributed by atoms with van der Waals surface area (Å²) in [5.74, 6) is 0. The van der Waals surface area contributed by atoms with Gasteiger partial charge in [-0.25, -0.2) is 0 Å². The molecule has 138 valence electrons. The molecule has 0 N–H and O–H groups in total. The fourth-order valence-electron chi connectivity index (χ4n) is 4.86. The highest BCUT2D eigenvalue weighted by Gasteiger charge is 2.44. The minimum atomic E-state index is 0.0978. The summed E-state index contributed by atoms with van der Waals surface area (Å²) in [6, 6.07) is 18.9. The SMILES string of the molecule is CCCCP1Cc2ccccc2[C@@H]1[C@H]1c2ccccc2C[P@]1CCCC. The van der Waals surface area contributed by atoms with Gasteiger partial charge in [-0.1, -0.05) is 91.1 Å². The summed E-state index contributed by atoms with van der Waals surface area (Å²) in [5.41, 5.74) is 8.46. The standard InChI is InChI=1S/C24H32P2/c1-3-5-15-25-17-19-11-7-9-13-21(19)23(25)24-22-14-10-8-12-20(22)18-26(24)16-6-4-2/h7-14,23-24H,3-6,15-18H2,1-2H3/t23-,24-,25+,26?/m1/s1. The first kappa shape index (κ1) is 18.7. The van der Waals surface area contributed by atoms with Gasteiger partial charge in [0.1, 0.15) is 0 Å². The molecule has 0 aromatic heterocycles. The highest BCUT2D eigenvalue weighted by atomic mass is 31.1. The Morgan fingerprint density at radius 3 is 1.54 bits per heavy atom. The number of fused-ring (bicyclic) bond motifs is 2. The Morgan fingerprint density at radius 2 is 1.12 bits per heavy atom. The predicted octanol–water partition coefficient (Wildman–Crippen LogP) is 8.06. The van der Waals surface area contributed by atoms with Crippen molar-refractivity contribution in [1.29, 1.82) is 0 Å². The molecule has 0 spiro atoms. The molecule has 4 atom stereocenters. The van der Waals surface area contributed by atoms with Crippen molar-refractivity contribution in [2.75, 3.05) is 12.3 Å². The monoisotopic (exact) mass is 382 g/mol. The molecular weight excluding hydrogens is 350 g/mol. The van der Waals surface area contributed by atoms with Gasteiger partial charge in [-0.05, 0) is 59.7 Å². The topological polar surface area (TPSA) is 0 Å².